The van der Waals surface area contributed by atoms with Gasteiger partial charge in [-0.2, -0.15) is 0 Å². The third-order valence-corrected chi connectivity index (χ3v) is 5.88. The number of aryl methyl sites for hydroxylation is 1. The van der Waals surface area contributed by atoms with E-state index in [1.54, 1.807) is 0 Å². The summed E-state index contributed by atoms with van der Waals surface area (Å²) in [7, 11) is 0. The van der Waals surface area contributed by atoms with E-state index < -0.39 is 0 Å². The van der Waals surface area contributed by atoms with Crippen molar-refractivity contribution >= 4 is 17.5 Å². The minimum atomic E-state index is -0.202. The zero-order valence-electron chi connectivity index (χ0n) is 12.2. The van der Waals surface area contributed by atoms with Gasteiger partial charge in [0.2, 0.25) is 11.8 Å². The molecule has 2 amide bonds. The van der Waals surface area contributed by atoms with E-state index in [-0.39, 0.29) is 47.5 Å². The van der Waals surface area contributed by atoms with Crippen molar-refractivity contribution in [2.24, 2.45) is 34.7 Å². The summed E-state index contributed by atoms with van der Waals surface area (Å²) in [5.74, 6) is -0.162. The van der Waals surface area contributed by atoms with Gasteiger partial charge in [0.1, 0.15) is 6.10 Å². The van der Waals surface area contributed by atoms with Crippen LogP contribution in [0.3, 0.4) is 0 Å². The van der Waals surface area contributed by atoms with Crippen LogP contribution in [-0.4, -0.2) is 23.6 Å². The molecule has 0 radical (unpaired) electrons. The molecular weight excluding hydrogens is 280 g/mol. The van der Waals surface area contributed by atoms with Crippen molar-refractivity contribution in [2.75, 3.05) is 0 Å². The molecule has 1 aromatic rings. The van der Waals surface area contributed by atoms with Gasteiger partial charge in [-0.15, -0.1) is 0 Å². The zero-order valence-corrected chi connectivity index (χ0v) is 12.2. The molecule has 2 saturated carbocycles. The van der Waals surface area contributed by atoms with Crippen molar-refractivity contribution in [3.8, 4) is 0 Å². The Morgan fingerprint density at radius 1 is 1.05 bits per heavy atom. The Morgan fingerprint density at radius 3 is 2.45 bits per heavy atom. The summed E-state index contributed by atoms with van der Waals surface area (Å²) < 4.78 is 0. The van der Waals surface area contributed by atoms with Crippen LogP contribution in [0, 0.1) is 36.5 Å². The highest BCUT2D eigenvalue weighted by Gasteiger charge is 2.68. The number of carbonyl (C=O) groups is 2. The highest BCUT2D eigenvalue weighted by Crippen LogP contribution is 2.60. The van der Waals surface area contributed by atoms with Crippen LogP contribution in [0.5, 0.6) is 0 Å². The van der Waals surface area contributed by atoms with Crippen molar-refractivity contribution in [1.82, 2.24) is 5.32 Å². The van der Waals surface area contributed by atoms with Gasteiger partial charge < -0.3 is 4.84 Å². The van der Waals surface area contributed by atoms with Crippen LogP contribution in [-0.2, 0) is 14.4 Å². The number of carbonyl (C=O) groups excluding carboxylic acids is 2. The van der Waals surface area contributed by atoms with Crippen LogP contribution in [0.1, 0.15) is 17.5 Å². The molecule has 0 spiro atoms. The summed E-state index contributed by atoms with van der Waals surface area (Å²) in [6.45, 7) is 2.05. The molecule has 1 N–H and O–H groups in total. The van der Waals surface area contributed by atoms with Gasteiger partial charge in [-0.1, -0.05) is 35.0 Å². The molecule has 5 rings (SSSR count). The summed E-state index contributed by atoms with van der Waals surface area (Å²) in [6, 6.07) is 8.24. The van der Waals surface area contributed by atoms with Gasteiger partial charge in [-0.3, -0.25) is 14.9 Å². The second kappa shape index (κ2) is 3.97. The van der Waals surface area contributed by atoms with Gasteiger partial charge in [0.15, 0.2) is 0 Å². The molecule has 2 bridgehead atoms. The summed E-state index contributed by atoms with van der Waals surface area (Å²) in [5, 5.41) is 6.81. The van der Waals surface area contributed by atoms with Crippen LogP contribution in [0.2, 0.25) is 0 Å². The molecule has 2 aliphatic heterocycles. The van der Waals surface area contributed by atoms with E-state index in [1.807, 2.05) is 0 Å². The smallest absolute Gasteiger partial charge is 0.230 e. The molecule has 2 heterocycles. The largest absolute Gasteiger partial charge is 0.391 e. The van der Waals surface area contributed by atoms with E-state index in [4.69, 9.17) is 4.84 Å². The SMILES string of the molecule is Cc1ccc(C2=NO[C@@H]3[C@H]4C[C@H]([C@H]5C(=O)NC(=O)[C@@H]45)[C@H]23)cc1. The van der Waals surface area contributed by atoms with Crippen LogP contribution in [0.25, 0.3) is 0 Å². The van der Waals surface area contributed by atoms with Gasteiger partial charge in [-0.25, -0.2) is 0 Å². The highest BCUT2D eigenvalue weighted by molar-refractivity contribution is 6.08. The second-order valence-electron chi connectivity index (χ2n) is 6.91. The Morgan fingerprint density at radius 2 is 1.73 bits per heavy atom. The van der Waals surface area contributed by atoms with Gasteiger partial charge in [0, 0.05) is 11.8 Å². The van der Waals surface area contributed by atoms with E-state index in [9.17, 15) is 9.59 Å². The standard InChI is InChI=1S/C17H16N2O3/c1-7-2-4-8(5-3-7)14-13-9-6-10(15(13)22-19-14)12-11(9)16(20)18-17(12)21/h2-5,9-13,15H,6H2,1H3,(H,18,20,21)/t9-,10+,11-,12+,13-,15-/m1/s1. The van der Waals surface area contributed by atoms with Gasteiger partial charge in [0.25, 0.3) is 0 Å². The number of nitrogens with one attached hydrogen (secondary N) is 1. The maximum absolute atomic E-state index is 12.1. The summed E-state index contributed by atoms with van der Waals surface area (Å²) >= 11 is 0. The molecule has 112 valence electrons. The molecule has 0 aromatic heterocycles. The van der Waals surface area contributed by atoms with Crippen molar-refractivity contribution in [3.05, 3.63) is 35.4 Å². The van der Waals surface area contributed by atoms with E-state index >= 15 is 0 Å². The fourth-order valence-corrected chi connectivity index (χ4v) is 5.01. The Labute approximate surface area is 127 Å². The fraction of sp³-hybridized carbons (Fsp3) is 0.471. The fourth-order valence-electron chi connectivity index (χ4n) is 5.01. The molecular formula is C17H16N2O3. The number of hydrogen-bond acceptors (Lipinski definition) is 4. The lowest BCUT2D eigenvalue weighted by molar-refractivity contribution is -0.127. The minimum absolute atomic E-state index is 0.0424. The lowest BCUT2D eigenvalue weighted by atomic mass is 9.71. The predicted molar refractivity (Wildman–Crippen MR) is 77.8 cm³/mol. The minimum Gasteiger partial charge on any atom is -0.391 e. The molecule has 0 unspecified atom stereocenters. The normalized spacial score (nSPS) is 41.0. The van der Waals surface area contributed by atoms with Crippen LogP contribution in [0.15, 0.2) is 29.4 Å². The van der Waals surface area contributed by atoms with Gasteiger partial charge >= 0.3 is 0 Å². The molecule has 22 heavy (non-hydrogen) atoms. The van der Waals surface area contributed by atoms with Crippen molar-refractivity contribution < 1.29 is 14.4 Å². The molecule has 1 aromatic carbocycles. The van der Waals surface area contributed by atoms with E-state index in [1.165, 1.54) is 5.56 Å². The molecule has 5 nitrogen and oxygen atoms in total. The first kappa shape index (κ1) is 12.4. The zero-order chi connectivity index (χ0) is 15.0. The van der Waals surface area contributed by atoms with Gasteiger partial charge in [0.05, 0.1) is 17.5 Å². The average molecular weight is 296 g/mol. The predicted octanol–water partition coefficient (Wildman–Crippen LogP) is 1.25. The number of amides is 2. The lowest BCUT2D eigenvalue weighted by Crippen LogP contribution is -2.41. The number of rotatable bonds is 1. The van der Waals surface area contributed by atoms with E-state index in [0.29, 0.717) is 0 Å². The summed E-state index contributed by atoms with van der Waals surface area (Å²) in [5.41, 5.74) is 3.21. The monoisotopic (exact) mass is 296 g/mol. The first-order valence-electron chi connectivity index (χ1n) is 7.80. The second-order valence-corrected chi connectivity index (χ2v) is 6.91. The maximum atomic E-state index is 12.1. The Hall–Kier alpha value is -2.17. The average Bonchev–Trinajstić information content (AvgIpc) is 3.21. The van der Waals surface area contributed by atoms with E-state index in [2.05, 4.69) is 41.7 Å². The van der Waals surface area contributed by atoms with E-state index in [0.717, 1.165) is 17.7 Å². The molecule has 1 saturated heterocycles. The molecule has 2 aliphatic carbocycles. The third-order valence-electron chi connectivity index (χ3n) is 5.88. The molecule has 6 atom stereocenters. The first-order chi connectivity index (χ1) is 10.6. The number of fused-ring (bicyclic) bond motifs is 8. The molecule has 5 heteroatoms. The number of oxime groups is 1. The Kier molecular flexibility index (Phi) is 2.23. The molecule has 3 fully saturated rings. The van der Waals surface area contributed by atoms with Crippen molar-refractivity contribution in [2.45, 2.75) is 19.4 Å². The van der Waals surface area contributed by atoms with Gasteiger partial charge in [-0.05, 0) is 24.8 Å². The topological polar surface area (TPSA) is 67.8 Å². The number of benzene rings is 1. The lowest BCUT2D eigenvalue weighted by Gasteiger charge is -2.29. The molecule has 4 aliphatic rings. The Bertz CT molecular complexity index is 724. The van der Waals surface area contributed by atoms with Crippen LogP contribution in [0.4, 0.5) is 0 Å². The Balaban J connectivity index is 1.53. The van der Waals surface area contributed by atoms with Crippen molar-refractivity contribution in [1.29, 1.82) is 0 Å². The highest BCUT2D eigenvalue weighted by atomic mass is 16.6. The number of nitrogens with zero attached hydrogens (tertiary/aromatic N) is 1. The van der Waals surface area contributed by atoms with Crippen LogP contribution < -0.4 is 5.32 Å². The first-order valence-corrected chi connectivity index (χ1v) is 7.80. The quantitative estimate of drug-likeness (QED) is 0.793. The van der Waals surface area contributed by atoms with Crippen molar-refractivity contribution in [3.63, 3.8) is 0 Å². The number of imide groups is 1. The third kappa shape index (κ3) is 1.36. The summed E-state index contributed by atoms with van der Waals surface area (Å²) in [6.07, 6.45) is 0.855. The number of hydrogen-bond donors (Lipinski definition) is 1. The summed E-state index contributed by atoms with van der Waals surface area (Å²) in [4.78, 5) is 29.8. The van der Waals surface area contributed by atoms with Crippen LogP contribution >= 0.6 is 0 Å². The maximum Gasteiger partial charge on any atom is 0.230 e.